The Morgan fingerprint density at radius 1 is 0.895 bits per heavy atom. The molecule has 0 saturated carbocycles. The lowest BCUT2D eigenvalue weighted by atomic mass is 10.0. The van der Waals surface area contributed by atoms with Gasteiger partial charge in [0, 0.05) is 30.9 Å². The molecule has 0 spiro atoms. The quantitative estimate of drug-likeness (QED) is 0.427. The van der Waals surface area contributed by atoms with Crippen molar-refractivity contribution < 1.29 is 24.0 Å². The Hall–Kier alpha value is -5.06. The van der Waals surface area contributed by atoms with E-state index in [1.54, 1.807) is 47.2 Å². The van der Waals surface area contributed by atoms with E-state index in [1.165, 1.54) is 18.2 Å². The fourth-order valence-corrected chi connectivity index (χ4v) is 4.52. The standard InChI is InChI=1S/C27H23N5O6/c33-22-10-9-21(24(35)30-22)32-25(36)19-8-7-16(13-20(19)26(32)37)14-28-27(38)29-18-5-3-4-17(12-18)15-31-11-2-1-6-23(31)34/h1-8,11-13,21H,9-10,14-15H2,(H2,28,29,38)(H,30,33,35). The normalized spacial score (nSPS) is 16.7. The number of carbonyl (C=O) groups is 5. The summed E-state index contributed by atoms with van der Waals surface area (Å²) in [6.07, 6.45) is 1.81. The zero-order chi connectivity index (χ0) is 26.8. The van der Waals surface area contributed by atoms with Gasteiger partial charge < -0.3 is 15.2 Å². The number of carbonyl (C=O) groups excluding carboxylic acids is 5. The number of urea groups is 1. The number of anilines is 1. The highest BCUT2D eigenvalue weighted by Gasteiger charge is 2.44. The lowest BCUT2D eigenvalue weighted by Gasteiger charge is -2.27. The number of aromatic nitrogens is 1. The number of fused-ring (bicyclic) bond motifs is 1. The number of nitrogens with zero attached hydrogens (tertiary/aromatic N) is 2. The molecule has 1 fully saturated rings. The van der Waals surface area contributed by atoms with Crippen LogP contribution in [0.15, 0.2) is 71.7 Å². The summed E-state index contributed by atoms with van der Waals surface area (Å²) in [5.41, 5.74) is 2.14. The largest absolute Gasteiger partial charge is 0.334 e. The number of benzene rings is 2. The van der Waals surface area contributed by atoms with Crippen molar-refractivity contribution in [3.63, 3.8) is 0 Å². The zero-order valence-electron chi connectivity index (χ0n) is 20.1. The van der Waals surface area contributed by atoms with Crippen molar-refractivity contribution in [3.05, 3.63) is 99.5 Å². The van der Waals surface area contributed by atoms with E-state index in [-0.39, 0.29) is 36.1 Å². The summed E-state index contributed by atoms with van der Waals surface area (Å²) >= 11 is 0. The van der Waals surface area contributed by atoms with Crippen LogP contribution in [0.1, 0.15) is 44.7 Å². The van der Waals surface area contributed by atoms with Gasteiger partial charge in [-0.15, -0.1) is 0 Å². The van der Waals surface area contributed by atoms with Gasteiger partial charge in [-0.3, -0.25) is 34.2 Å². The Kier molecular flexibility index (Phi) is 6.56. The second kappa shape index (κ2) is 10.1. The minimum absolute atomic E-state index is 0.0434. The van der Waals surface area contributed by atoms with Crippen LogP contribution >= 0.6 is 0 Å². The summed E-state index contributed by atoms with van der Waals surface area (Å²) in [5.74, 6) is -2.31. The van der Waals surface area contributed by atoms with Crippen LogP contribution in [0.25, 0.3) is 0 Å². The molecule has 1 unspecified atom stereocenters. The van der Waals surface area contributed by atoms with Gasteiger partial charge in [0.1, 0.15) is 6.04 Å². The van der Waals surface area contributed by atoms with Crippen molar-refractivity contribution in [2.45, 2.75) is 32.0 Å². The van der Waals surface area contributed by atoms with E-state index in [2.05, 4.69) is 16.0 Å². The summed E-state index contributed by atoms with van der Waals surface area (Å²) in [6, 6.07) is 15.1. The lowest BCUT2D eigenvalue weighted by molar-refractivity contribution is -0.136. The second-order valence-corrected chi connectivity index (χ2v) is 9.00. The molecule has 6 amide bonds. The van der Waals surface area contributed by atoms with Crippen LogP contribution in [-0.2, 0) is 22.7 Å². The summed E-state index contributed by atoms with van der Waals surface area (Å²) in [5, 5.41) is 7.62. The number of amides is 6. The van der Waals surface area contributed by atoms with Crippen molar-refractivity contribution >= 4 is 35.3 Å². The first-order valence-electron chi connectivity index (χ1n) is 11.9. The molecule has 3 heterocycles. The van der Waals surface area contributed by atoms with Crippen molar-refractivity contribution in [2.75, 3.05) is 5.32 Å². The third-order valence-corrected chi connectivity index (χ3v) is 6.39. The van der Waals surface area contributed by atoms with Crippen molar-refractivity contribution in [3.8, 4) is 0 Å². The summed E-state index contributed by atoms with van der Waals surface area (Å²) in [6.45, 7) is 0.437. The number of piperidine rings is 1. The molecule has 0 bridgehead atoms. The van der Waals surface area contributed by atoms with Crippen LogP contribution in [-0.4, -0.2) is 45.2 Å². The van der Waals surface area contributed by atoms with E-state index in [4.69, 9.17) is 0 Å². The topological polar surface area (TPSA) is 147 Å². The number of pyridine rings is 1. The van der Waals surface area contributed by atoms with Gasteiger partial charge in [0.25, 0.3) is 17.4 Å². The molecule has 0 aliphatic carbocycles. The van der Waals surface area contributed by atoms with Gasteiger partial charge >= 0.3 is 6.03 Å². The summed E-state index contributed by atoms with van der Waals surface area (Å²) in [7, 11) is 0. The van der Waals surface area contributed by atoms with Crippen LogP contribution in [0.4, 0.5) is 10.5 Å². The smallest absolute Gasteiger partial charge is 0.319 e. The van der Waals surface area contributed by atoms with E-state index >= 15 is 0 Å². The molecule has 11 nitrogen and oxygen atoms in total. The lowest BCUT2D eigenvalue weighted by Crippen LogP contribution is -2.54. The monoisotopic (exact) mass is 513 g/mol. The SMILES string of the molecule is O=C1CCC(N2C(=O)c3ccc(CNC(=O)Nc4cccc(Cn5ccccc5=O)c4)cc3C2=O)C(=O)N1. The number of hydrogen-bond acceptors (Lipinski definition) is 6. The molecule has 1 atom stereocenters. The highest BCUT2D eigenvalue weighted by atomic mass is 16.2. The summed E-state index contributed by atoms with van der Waals surface area (Å²) < 4.78 is 1.56. The van der Waals surface area contributed by atoms with Crippen LogP contribution in [0.5, 0.6) is 0 Å². The Bertz CT molecular complexity index is 1540. The average Bonchev–Trinajstić information content (AvgIpc) is 3.14. The fraction of sp³-hybridized carbons (Fsp3) is 0.185. The number of imide groups is 2. The molecule has 0 radical (unpaired) electrons. The van der Waals surface area contributed by atoms with E-state index < -0.39 is 35.7 Å². The maximum absolute atomic E-state index is 13.0. The minimum Gasteiger partial charge on any atom is -0.334 e. The van der Waals surface area contributed by atoms with Gasteiger partial charge in [0.15, 0.2) is 0 Å². The van der Waals surface area contributed by atoms with Crippen molar-refractivity contribution in [1.29, 1.82) is 0 Å². The van der Waals surface area contributed by atoms with Crippen LogP contribution in [0.2, 0.25) is 0 Å². The van der Waals surface area contributed by atoms with E-state index in [0.29, 0.717) is 17.8 Å². The van der Waals surface area contributed by atoms with Gasteiger partial charge in [-0.05, 0) is 47.9 Å². The van der Waals surface area contributed by atoms with Gasteiger partial charge in [-0.2, -0.15) is 0 Å². The molecule has 38 heavy (non-hydrogen) atoms. The fourth-order valence-electron chi connectivity index (χ4n) is 4.52. The van der Waals surface area contributed by atoms with Gasteiger partial charge in [-0.25, -0.2) is 4.79 Å². The highest BCUT2D eigenvalue weighted by Crippen LogP contribution is 2.28. The van der Waals surface area contributed by atoms with Gasteiger partial charge in [-0.1, -0.05) is 24.3 Å². The number of rotatable bonds is 6. The molecule has 11 heteroatoms. The third kappa shape index (κ3) is 4.94. The average molecular weight is 514 g/mol. The second-order valence-electron chi connectivity index (χ2n) is 9.00. The van der Waals surface area contributed by atoms with Crippen molar-refractivity contribution in [1.82, 2.24) is 20.1 Å². The van der Waals surface area contributed by atoms with Gasteiger partial charge in [0.05, 0.1) is 17.7 Å². The molecule has 2 aliphatic heterocycles. The minimum atomic E-state index is -1.04. The first-order valence-corrected chi connectivity index (χ1v) is 11.9. The first-order chi connectivity index (χ1) is 18.3. The third-order valence-electron chi connectivity index (χ3n) is 6.39. The Morgan fingerprint density at radius 2 is 1.71 bits per heavy atom. The van der Waals surface area contributed by atoms with E-state index in [1.807, 2.05) is 6.07 Å². The maximum atomic E-state index is 13.0. The molecule has 1 saturated heterocycles. The highest BCUT2D eigenvalue weighted by molar-refractivity contribution is 6.23. The molecular formula is C27H23N5O6. The Morgan fingerprint density at radius 3 is 2.50 bits per heavy atom. The maximum Gasteiger partial charge on any atom is 0.319 e. The van der Waals surface area contributed by atoms with E-state index in [0.717, 1.165) is 10.5 Å². The van der Waals surface area contributed by atoms with E-state index in [9.17, 15) is 28.8 Å². The zero-order valence-corrected chi connectivity index (χ0v) is 20.1. The molecule has 5 rings (SSSR count). The first kappa shape index (κ1) is 24.6. The Labute approximate surface area is 216 Å². The van der Waals surface area contributed by atoms with Crippen LogP contribution in [0.3, 0.4) is 0 Å². The molecule has 3 N–H and O–H groups in total. The van der Waals surface area contributed by atoms with Crippen LogP contribution in [0, 0.1) is 0 Å². The molecule has 3 aromatic rings. The van der Waals surface area contributed by atoms with Crippen molar-refractivity contribution in [2.24, 2.45) is 0 Å². The van der Waals surface area contributed by atoms with Gasteiger partial charge in [0.2, 0.25) is 11.8 Å². The summed E-state index contributed by atoms with van der Waals surface area (Å²) in [4.78, 5) is 74.8. The molecular weight excluding hydrogens is 490 g/mol. The molecule has 2 aromatic carbocycles. The molecule has 192 valence electrons. The predicted molar refractivity (Wildman–Crippen MR) is 135 cm³/mol. The predicted octanol–water partition coefficient (Wildman–Crippen LogP) is 1.62. The van der Waals surface area contributed by atoms with Crippen LogP contribution < -0.4 is 21.5 Å². The number of nitrogens with one attached hydrogen (secondary N) is 3. The Balaban J connectivity index is 1.21. The molecule has 2 aliphatic rings. The molecule has 1 aromatic heterocycles. The number of hydrogen-bond donors (Lipinski definition) is 3.